The normalized spacial score (nSPS) is 26.9. The van der Waals surface area contributed by atoms with E-state index in [0.29, 0.717) is 0 Å². The van der Waals surface area contributed by atoms with E-state index in [2.05, 4.69) is 17.1 Å². The van der Waals surface area contributed by atoms with Crippen LogP contribution in [0.4, 0.5) is 0 Å². The Bertz CT molecular complexity index is 199. The second-order valence-electron chi connectivity index (χ2n) is 4.59. The van der Waals surface area contributed by atoms with E-state index in [4.69, 9.17) is 0 Å². The summed E-state index contributed by atoms with van der Waals surface area (Å²) in [6.45, 7) is 8.06. The standard InChI is InChI=1S/C11H24N2OS/c1-11-9-12-5-3-6-13(10-11)7-4-8-15(2)14/h11-12H,3-10H2,1-2H3. The number of hydrogen-bond acceptors (Lipinski definition) is 3. The second-order valence-corrected chi connectivity index (χ2v) is 6.15. The molecule has 1 heterocycles. The smallest absolute Gasteiger partial charge is 0.0244 e. The Balaban J connectivity index is 2.21. The van der Waals surface area contributed by atoms with Crippen LogP contribution < -0.4 is 5.32 Å². The highest BCUT2D eigenvalue weighted by Gasteiger charge is 2.12. The fourth-order valence-electron chi connectivity index (χ4n) is 2.07. The molecule has 0 radical (unpaired) electrons. The van der Waals surface area contributed by atoms with Crippen molar-refractivity contribution < 1.29 is 4.21 Å². The van der Waals surface area contributed by atoms with Crippen molar-refractivity contribution in [1.29, 1.82) is 0 Å². The van der Waals surface area contributed by atoms with Gasteiger partial charge in [-0.3, -0.25) is 4.21 Å². The highest BCUT2D eigenvalue weighted by Crippen LogP contribution is 2.04. The molecule has 3 nitrogen and oxygen atoms in total. The molecular formula is C11H24N2OS. The molecule has 0 aromatic carbocycles. The Hall–Kier alpha value is 0.0700. The number of hydrogen-bond donors (Lipinski definition) is 1. The van der Waals surface area contributed by atoms with Gasteiger partial charge in [-0.15, -0.1) is 0 Å². The molecule has 0 bridgehead atoms. The van der Waals surface area contributed by atoms with E-state index in [1.54, 1.807) is 6.26 Å². The molecule has 1 saturated heterocycles. The number of nitrogens with zero attached hydrogens (tertiary/aromatic N) is 1. The SMILES string of the molecule is CC1CNCCCN(CCCS(C)=O)C1. The molecule has 0 amide bonds. The van der Waals surface area contributed by atoms with Crippen molar-refractivity contribution >= 4 is 10.8 Å². The average Bonchev–Trinajstić information content (AvgIpc) is 2.12. The van der Waals surface area contributed by atoms with Gasteiger partial charge in [-0.2, -0.15) is 0 Å². The van der Waals surface area contributed by atoms with Crippen molar-refractivity contribution in [3.8, 4) is 0 Å². The lowest BCUT2D eigenvalue weighted by atomic mass is 10.1. The molecule has 1 aliphatic rings. The maximum Gasteiger partial charge on any atom is 0.0244 e. The monoisotopic (exact) mass is 232 g/mol. The molecule has 0 aromatic rings. The van der Waals surface area contributed by atoms with Crippen molar-refractivity contribution in [2.75, 3.05) is 44.7 Å². The van der Waals surface area contributed by atoms with E-state index >= 15 is 0 Å². The number of rotatable bonds is 4. The topological polar surface area (TPSA) is 32.3 Å². The minimum atomic E-state index is -0.625. The lowest BCUT2D eigenvalue weighted by Crippen LogP contribution is -2.39. The maximum atomic E-state index is 11.0. The van der Waals surface area contributed by atoms with Crippen LogP contribution in [-0.4, -0.2) is 53.8 Å². The summed E-state index contributed by atoms with van der Waals surface area (Å²) in [7, 11) is -0.625. The van der Waals surface area contributed by atoms with Crippen molar-refractivity contribution in [2.24, 2.45) is 5.92 Å². The quantitative estimate of drug-likeness (QED) is 0.774. The van der Waals surface area contributed by atoms with Crippen molar-refractivity contribution in [3.63, 3.8) is 0 Å². The van der Waals surface area contributed by atoms with E-state index in [-0.39, 0.29) is 0 Å². The summed E-state index contributed by atoms with van der Waals surface area (Å²) < 4.78 is 11.0. The van der Waals surface area contributed by atoms with Gasteiger partial charge in [0.25, 0.3) is 0 Å². The zero-order valence-corrected chi connectivity index (χ0v) is 10.8. The first-order valence-electron chi connectivity index (χ1n) is 5.91. The fourth-order valence-corrected chi connectivity index (χ4v) is 2.60. The molecular weight excluding hydrogens is 208 g/mol. The third-order valence-electron chi connectivity index (χ3n) is 2.80. The molecule has 1 rings (SSSR count). The van der Waals surface area contributed by atoms with Crippen LogP contribution >= 0.6 is 0 Å². The van der Waals surface area contributed by atoms with Crippen molar-refractivity contribution in [3.05, 3.63) is 0 Å². The molecule has 2 unspecified atom stereocenters. The molecule has 1 aliphatic heterocycles. The summed E-state index contributed by atoms with van der Waals surface area (Å²) >= 11 is 0. The maximum absolute atomic E-state index is 11.0. The lowest BCUT2D eigenvalue weighted by Gasteiger charge is -2.28. The summed E-state index contributed by atoms with van der Waals surface area (Å²) in [4.78, 5) is 2.53. The highest BCUT2D eigenvalue weighted by molar-refractivity contribution is 7.84. The third kappa shape index (κ3) is 6.28. The van der Waals surface area contributed by atoms with E-state index in [1.807, 2.05) is 0 Å². The molecule has 1 N–H and O–H groups in total. The summed E-state index contributed by atoms with van der Waals surface area (Å²) in [6.07, 6.45) is 4.10. The van der Waals surface area contributed by atoms with Gasteiger partial charge in [0.2, 0.25) is 0 Å². The molecule has 1 fully saturated rings. The molecule has 0 aliphatic carbocycles. The van der Waals surface area contributed by atoms with Gasteiger partial charge < -0.3 is 10.2 Å². The first kappa shape index (κ1) is 13.1. The fraction of sp³-hybridized carbons (Fsp3) is 1.00. The Labute approximate surface area is 96.1 Å². The molecule has 0 aromatic heterocycles. The second kappa shape index (κ2) is 7.36. The zero-order chi connectivity index (χ0) is 11.1. The van der Waals surface area contributed by atoms with Crippen LogP contribution in [0.2, 0.25) is 0 Å². The van der Waals surface area contributed by atoms with Gasteiger partial charge >= 0.3 is 0 Å². The Morgan fingerprint density at radius 1 is 1.53 bits per heavy atom. The van der Waals surface area contributed by atoms with Gasteiger partial charge in [0.05, 0.1) is 0 Å². The molecule has 15 heavy (non-hydrogen) atoms. The molecule has 90 valence electrons. The van der Waals surface area contributed by atoms with E-state index in [0.717, 1.165) is 37.7 Å². The largest absolute Gasteiger partial charge is 0.316 e. The van der Waals surface area contributed by atoms with E-state index in [1.165, 1.54) is 19.5 Å². The van der Waals surface area contributed by atoms with Crippen LogP contribution in [0.3, 0.4) is 0 Å². The minimum Gasteiger partial charge on any atom is -0.316 e. The van der Waals surface area contributed by atoms with Gasteiger partial charge in [-0.1, -0.05) is 6.92 Å². The summed E-state index contributed by atoms with van der Waals surface area (Å²) in [5.74, 6) is 1.58. The Morgan fingerprint density at radius 3 is 3.07 bits per heavy atom. The van der Waals surface area contributed by atoms with Gasteiger partial charge in [0.15, 0.2) is 0 Å². The van der Waals surface area contributed by atoms with Crippen LogP contribution in [0.25, 0.3) is 0 Å². The third-order valence-corrected chi connectivity index (χ3v) is 3.66. The predicted octanol–water partition coefficient (Wildman–Crippen LogP) is 0.686. The van der Waals surface area contributed by atoms with Gasteiger partial charge in [-0.25, -0.2) is 0 Å². The molecule has 2 atom stereocenters. The Morgan fingerprint density at radius 2 is 2.33 bits per heavy atom. The molecule has 0 spiro atoms. The average molecular weight is 232 g/mol. The lowest BCUT2D eigenvalue weighted by molar-refractivity contribution is 0.217. The summed E-state index contributed by atoms with van der Waals surface area (Å²) in [6, 6.07) is 0. The van der Waals surface area contributed by atoms with E-state index < -0.39 is 10.8 Å². The van der Waals surface area contributed by atoms with Crippen LogP contribution in [0.15, 0.2) is 0 Å². The molecule has 0 saturated carbocycles. The highest BCUT2D eigenvalue weighted by atomic mass is 32.2. The van der Waals surface area contributed by atoms with Gasteiger partial charge in [0.1, 0.15) is 0 Å². The van der Waals surface area contributed by atoms with Crippen LogP contribution in [-0.2, 0) is 10.8 Å². The van der Waals surface area contributed by atoms with Crippen LogP contribution in [0.1, 0.15) is 19.8 Å². The summed E-state index contributed by atoms with van der Waals surface area (Å²) in [5, 5.41) is 3.46. The Kier molecular flexibility index (Phi) is 6.45. The van der Waals surface area contributed by atoms with E-state index in [9.17, 15) is 4.21 Å². The summed E-state index contributed by atoms with van der Waals surface area (Å²) in [5.41, 5.74) is 0. The number of nitrogens with one attached hydrogen (secondary N) is 1. The zero-order valence-electron chi connectivity index (χ0n) is 10.00. The van der Waals surface area contributed by atoms with Gasteiger partial charge in [0, 0.05) is 29.4 Å². The predicted molar refractivity (Wildman–Crippen MR) is 66.6 cm³/mol. The first-order chi connectivity index (χ1) is 7.18. The first-order valence-corrected chi connectivity index (χ1v) is 7.64. The van der Waals surface area contributed by atoms with Crippen LogP contribution in [0.5, 0.6) is 0 Å². The van der Waals surface area contributed by atoms with Crippen molar-refractivity contribution in [1.82, 2.24) is 10.2 Å². The van der Waals surface area contributed by atoms with Crippen molar-refractivity contribution in [2.45, 2.75) is 19.8 Å². The van der Waals surface area contributed by atoms with Crippen LogP contribution in [0, 0.1) is 5.92 Å². The molecule has 4 heteroatoms. The minimum absolute atomic E-state index is 0.625. The van der Waals surface area contributed by atoms with Gasteiger partial charge in [-0.05, 0) is 44.9 Å².